The van der Waals surface area contributed by atoms with Crippen LogP contribution in [0.15, 0.2) is 12.4 Å². The van der Waals surface area contributed by atoms with Crippen LogP contribution in [0, 0.1) is 0 Å². The van der Waals surface area contributed by atoms with Gasteiger partial charge in [-0.3, -0.25) is 9.89 Å². The van der Waals surface area contributed by atoms with Crippen LogP contribution in [0.3, 0.4) is 0 Å². The predicted molar refractivity (Wildman–Crippen MR) is 59.0 cm³/mol. The van der Waals surface area contributed by atoms with Crippen molar-refractivity contribution < 1.29 is 9.90 Å². The third-order valence-electron chi connectivity index (χ3n) is 3.08. The first-order chi connectivity index (χ1) is 7.83. The van der Waals surface area contributed by atoms with E-state index in [-0.39, 0.29) is 12.5 Å². The van der Waals surface area contributed by atoms with E-state index < -0.39 is 0 Å². The average Bonchev–Trinajstić information content (AvgIpc) is 2.73. The van der Waals surface area contributed by atoms with E-state index in [0.717, 1.165) is 12.8 Å². The fraction of sp³-hybridized carbons (Fsp3) is 0.636. The Hall–Kier alpha value is -1.36. The lowest BCUT2D eigenvalue weighted by Gasteiger charge is -2.37. The third-order valence-corrected chi connectivity index (χ3v) is 3.08. The summed E-state index contributed by atoms with van der Waals surface area (Å²) in [5.74, 6) is 0.0203. The lowest BCUT2D eigenvalue weighted by molar-refractivity contribution is 0.0562. The first kappa shape index (κ1) is 11.1. The Morgan fingerprint density at radius 3 is 2.94 bits per heavy atom. The molecule has 5 heteroatoms. The molecule has 88 valence electrons. The number of carbonyl (C=O) groups excluding carboxylic acids is 1. The number of H-pyrrole nitrogens is 1. The summed E-state index contributed by atoms with van der Waals surface area (Å²) in [4.78, 5) is 14.0. The standard InChI is InChI=1S/C11H17N3O2/c15-6-2-5-14(10-3-1-4-10)11(16)9-7-12-13-8-9/h7-8,10,15H,1-6H2,(H,12,13). The number of amides is 1. The Morgan fingerprint density at radius 1 is 1.62 bits per heavy atom. The molecule has 1 aromatic heterocycles. The van der Waals surface area contributed by atoms with Gasteiger partial charge in [0.1, 0.15) is 0 Å². The first-order valence-corrected chi connectivity index (χ1v) is 5.73. The van der Waals surface area contributed by atoms with Crippen molar-refractivity contribution in [1.82, 2.24) is 15.1 Å². The number of aromatic nitrogens is 2. The summed E-state index contributed by atoms with van der Waals surface area (Å²) in [7, 11) is 0. The maximum Gasteiger partial charge on any atom is 0.257 e. The van der Waals surface area contributed by atoms with Crippen molar-refractivity contribution in [3.63, 3.8) is 0 Å². The first-order valence-electron chi connectivity index (χ1n) is 5.73. The molecule has 0 unspecified atom stereocenters. The van der Waals surface area contributed by atoms with Crippen molar-refractivity contribution in [1.29, 1.82) is 0 Å². The van der Waals surface area contributed by atoms with Gasteiger partial charge in [-0.2, -0.15) is 5.10 Å². The fourth-order valence-electron chi connectivity index (χ4n) is 1.92. The number of rotatable bonds is 5. The van der Waals surface area contributed by atoms with Crippen LogP contribution in [0.4, 0.5) is 0 Å². The number of nitrogens with zero attached hydrogens (tertiary/aromatic N) is 2. The molecular formula is C11H17N3O2. The Morgan fingerprint density at radius 2 is 2.44 bits per heavy atom. The number of hydrogen-bond acceptors (Lipinski definition) is 3. The van der Waals surface area contributed by atoms with Crippen molar-refractivity contribution in [2.45, 2.75) is 31.7 Å². The number of hydrogen-bond donors (Lipinski definition) is 2. The van der Waals surface area contributed by atoms with E-state index >= 15 is 0 Å². The van der Waals surface area contributed by atoms with Crippen molar-refractivity contribution in [3.8, 4) is 0 Å². The second-order valence-electron chi connectivity index (χ2n) is 4.15. The number of aliphatic hydroxyl groups excluding tert-OH is 1. The quantitative estimate of drug-likeness (QED) is 0.775. The Bertz CT molecular complexity index is 333. The molecule has 0 radical (unpaired) electrons. The van der Waals surface area contributed by atoms with Crippen molar-refractivity contribution in [2.24, 2.45) is 0 Å². The zero-order valence-corrected chi connectivity index (χ0v) is 9.22. The van der Waals surface area contributed by atoms with E-state index in [0.29, 0.717) is 24.6 Å². The Balaban J connectivity index is 2.02. The minimum Gasteiger partial charge on any atom is -0.396 e. The van der Waals surface area contributed by atoms with Gasteiger partial charge >= 0.3 is 0 Å². The summed E-state index contributed by atoms with van der Waals surface area (Å²) < 4.78 is 0. The predicted octanol–water partition coefficient (Wildman–Crippen LogP) is 0.787. The van der Waals surface area contributed by atoms with E-state index in [9.17, 15) is 4.79 Å². The molecule has 1 amide bonds. The summed E-state index contributed by atoms with van der Waals surface area (Å²) >= 11 is 0. The van der Waals surface area contributed by atoms with Crippen LogP contribution in [0.25, 0.3) is 0 Å². The molecule has 1 aromatic rings. The summed E-state index contributed by atoms with van der Waals surface area (Å²) in [6.07, 6.45) is 7.16. The largest absolute Gasteiger partial charge is 0.396 e. The lowest BCUT2D eigenvalue weighted by atomic mass is 9.91. The molecule has 0 aromatic carbocycles. The lowest BCUT2D eigenvalue weighted by Crippen LogP contribution is -2.44. The van der Waals surface area contributed by atoms with Crippen LogP contribution in [0.5, 0.6) is 0 Å². The maximum atomic E-state index is 12.1. The van der Waals surface area contributed by atoms with Gasteiger partial charge in [0.15, 0.2) is 0 Å². The van der Waals surface area contributed by atoms with Gasteiger partial charge < -0.3 is 10.0 Å². The number of aliphatic hydroxyl groups is 1. The van der Waals surface area contributed by atoms with Crippen LogP contribution in [-0.4, -0.2) is 45.3 Å². The van der Waals surface area contributed by atoms with Crippen LogP contribution < -0.4 is 0 Å². The van der Waals surface area contributed by atoms with Crippen molar-refractivity contribution >= 4 is 5.91 Å². The van der Waals surface area contributed by atoms with Gasteiger partial charge in [-0.05, 0) is 25.7 Å². The van der Waals surface area contributed by atoms with Gasteiger partial charge in [0.05, 0.1) is 11.8 Å². The van der Waals surface area contributed by atoms with Gasteiger partial charge in [-0.25, -0.2) is 0 Å². The second-order valence-corrected chi connectivity index (χ2v) is 4.15. The van der Waals surface area contributed by atoms with E-state index in [4.69, 9.17) is 5.11 Å². The SMILES string of the molecule is O=C(c1cn[nH]c1)N(CCCO)C1CCC1. The van der Waals surface area contributed by atoms with Crippen LogP contribution >= 0.6 is 0 Å². The molecule has 2 N–H and O–H groups in total. The average molecular weight is 223 g/mol. The molecule has 1 aliphatic carbocycles. The van der Waals surface area contributed by atoms with Crippen molar-refractivity contribution in [3.05, 3.63) is 18.0 Å². The summed E-state index contributed by atoms with van der Waals surface area (Å²) in [6, 6.07) is 0.356. The zero-order valence-electron chi connectivity index (χ0n) is 9.22. The maximum absolute atomic E-state index is 12.1. The molecule has 1 saturated carbocycles. The second kappa shape index (κ2) is 5.12. The molecule has 16 heavy (non-hydrogen) atoms. The van der Waals surface area contributed by atoms with Gasteiger partial charge in [0.25, 0.3) is 5.91 Å². The molecule has 1 heterocycles. The summed E-state index contributed by atoms with van der Waals surface area (Å²) in [5, 5.41) is 15.3. The number of aromatic amines is 1. The fourth-order valence-corrected chi connectivity index (χ4v) is 1.92. The van der Waals surface area contributed by atoms with E-state index in [2.05, 4.69) is 10.2 Å². The van der Waals surface area contributed by atoms with Crippen LogP contribution in [0.1, 0.15) is 36.0 Å². The molecule has 5 nitrogen and oxygen atoms in total. The zero-order chi connectivity index (χ0) is 11.4. The molecule has 0 bridgehead atoms. The molecule has 0 spiro atoms. The Kier molecular flexibility index (Phi) is 3.56. The molecule has 0 saturated heterocycles. The topological polar surface area (TPSA) is 69.2 Å². The minimum atomic E-state index is 0.0203. The number of nitrogens with one attached hydrogen (secondary N) is 1. The number of carbonyl (C=O) groups is 1. The molecule has 0 aliphatic heterocycles. The summed E-state index contributed by atoms with van der Waals surface area (Å²) in [5.41, 5.74) is 0.602. The monoisotopic (exact) mass is 223 g/mol. The van der Waals surface area contributed by atoms with Gasteiger partial charge in [-0.15, -0.1) is 0 Å². The molecule has 1 fully saturated rings. The van der Waals surface area contributed by atoms with E-state index in [1.165, 1.54) is 6.42 Å². The normalized spacial score (nSPS) is 15.8. The molecule has 0 atom stereocenters. The molecular weight excluding hydrogens is 206 g/mol. The highest BCUT2D eigenvalue weighted by Crippen LogP contribution is 2.26. The van der Waals surface area contributed by atoms with Crippen LogP contribution in [0.2, 0.25) is 0 Å². The molecule has 2 rings (SSSR count). The van der Waals surface area contributed by atoms with E-state index in [1.54, 1.807) is 12.4 Å². The van der Waals surface area contributed by atoms with Crippen molar-refractivity contribution in [2.75, 3.05) is 13.2 Å². The van der Waals surface area contributed by atoms with Gasteiger partial charge in [-0.1, -0.05) is 0 Å². The highest BCUT2D eigenvalue weighted by Gasteiger charge is 2.29. The Labute approximate surface area is 94.5 Å². The van der Waals surface area contributed by atoms with Crippen LogP contribution in [-0.2, 0) is 0 Å². The highest BCUT2D eigenvalue weighted by atomic mass is 16.3. The van der Waals surface area contributed by atoms with E-state index in [1.807, 2.05) is 4.90 Å². The minimum absolute atomic E-state index is 0.0203. The van der Waals surface area contributed by atoms with Gasteiger partial charge in [0, 0.05) is 25.4 Å². The van der Waals surface area contributed by atoms with Gasteiger partial charge in [0.2, 0.25) is 0 Å². The smallest absolute Gasteiger partial charge is 0.257 e. The summed E-state index contributed by atoms with van der Waals surface area (Å²) in [6.45, 7) is 0.757. The third kappa shape index (κ3) is 2.24. The highest BCUT2D eigenvalue weighted by molar-refractivity contribution is 5.93. The molecule has 1 aliphatic rings.